The number of ketones is 1. The second-order valence-electron chi connectivity index (χ2n) is 7.76. The van der Waals surface area contributed by atoms with Gasteiger partial charge in [-0.05, 0) is 43.2 Å². The number of hydrogen-bond donors (Lipinski definition) is 1. The largest absolute Gasteiger partial charge is 0.492 e. The molecule has 0 amide bonds. The first-order chi connectivity index (χ1) is 16.6. The van der Waals surface area contributed by atoms with Crippen LogP contribution in [-0.2, 0) is 37.3 Å². The zero-order valence-corrected chi connectivity index (χ0v) is 21.6. The van der Waals surface area contributed by atoms with E-state index < -0.39 is 34.4 Å². The lowest BCUT2D eigenvalue weighted by Gasteiger charge is -2.34. The summed E-state index contributed by atoms with van der Waals surface area (Å²) < 4.78 is 39.9. The van der Waals surface area contributed by atoms with Crippen molar-refractivity contribution >= 4 is 37.7 Å². The number of benzene rings is 2. The Bertz CT molecular complexity index is 1330. The molecule has 0 spiro atoms. The first-order valence-electron chi connectivity index (χ1n) is 10.7. The maximum Gasteiger partial charge on any atom is 0.325 e. The van der Waals surface area contributed by atoms with Crippen LogP contribution in [0.25, 0.3) is 0 Å². The summed E-state index contributed by atoms with van der Waals surface area (Å²) in [7, 11) is -4.24. The fraction of sp³-hybridized carbons (Fsp3) is 0.292. The van der Waals surface area contributed by atoms with E-state index in [1.54, 1.807) is 37.3 Å². The van der Waals surface area contributed by atoms with E-state index in [9.17, 15) is 18.0 Å². The number of esters is 1. The summed E-state index contributed by atoms with van der Waals surface area (Å²) in [6.07, 6.45) is 0.0528. The molecule has 11 heteroatoms. The quantitative estimate of drug-likeness (QED) is 0.294. The van der Waals surface area contributed by atoms with Crippen LogP contribution in [0.4, 0.5) is 0 Å². The predicted molar refractivity (Wildman–Crippen MR) is 130 cm³/mol. The van der Waals surface area contributed by atoms with E-state index in [4.69, 9.17) is 20.5 Å². The Labute approximate surface area is 212 Å². The summed E-state index contributed by atoms with van der Waals surface area (Å²) in [4.78, 5) is 25.3. The lowest BCUT2D eigenvalue weighted by Crippen LogP contribution is -2.49. The SMILES string of the molecule is CCOc1ccc(Br)cc1S(=O)(=O)N1Cc2ccccc2C[C@H]1C(=O)OCC(=O)/C(C#N)=C(\C)N. The zero-order valence-electron chi connectivity index (χ0n) is 19.2. The van der Waals surface area contributed by atoms with Gasteiger partial charge in [-0.15, -0.1) is 0 Å². The number of halogens is 1. The molecule has 35 heavy (non-hydrogen) atoms. The van der Waals surface area contributed by atoms with Crippen molar-refractivity contribution in [1.82, 2.24) is 4.31 Å². The van der Waals surface area contributed by atoms with Crippen molar-refractivity contribution < 1.29 is 27.5 Å². The van der Waals surface area contributed by atoms with Crippen LogP contribution in [0, 0.1) is 11.3 Å². The van der Waals surface area contributed by atoms with Gasteiger partial charge in [0, 0.05) is 23.1 Å². The summed E-state index contributed by atoms with van der Waals surface area (Å²) in [6.45, 7) is 2.56. The lowest BCUT2D eigenvalue weighted by atomic mass is 9.96. The topological polar surface area (TPSA) is 140 Å². The summed E-state index contributed by atoms with van der Waals surface area (Å²) in [5.41, 5.74) is 6.77. The summed E-state index contributed by atoms with van der Waals surface area (Å²) in [5, 5.41) is 9.10. The van der Waals surface area contributed by atoms with E-state index in [2.05, 4.69) is 15.9 Å². The number of fused-ring (bicyclic) bond motifs is 1. The molecule has 0 aromatic heterocycles. The van der Waals surface area contributed by atoms with Crippen LogP contribution in [0.1, 0.15) is 25.0 Å². The minimum absolute atomic E-state index is 0.00227. The molecule has 2 aromatic rings. The first kappa shape index (κ1) is 26.4. The second-order valence-corrected chi connectivity index (χ2v) is 10.5. The number of allylic oxidation sites excluding steroid dienone is 1. The Hall–Kier alpha value is -3.20. The van der Waals surface area contributed by atoms with Gasteiger partial charge in [0.1, 0.15) is 28.3 Å². The molecule has 2 aromatic carbocycles. The van der Waals surface area contributed by atoms with Gasteiger partial charge in [-0.1, -0.05) is 40.2 Å². The predicted octanol–water partition coefficient (Wildman–Crippen LogP) is 2.83. The fourth-order valence-electron chi connectivity index (χ4n) is 3.71. The number of sulfonamides is 1. The van der Waals surface area contributed by atoms with Crippen LogP contribution in [0.3, 0.4) is 0 Å². The van der Waals surface area contributed by atoms with Crippen molar-refractivity contribution in [1.29, 1.82) is 5.26 Å². The molecule has 9 nitrogen and oxygen atoms in total. The molecule has 2 N–H and O–H groups in total. The molecular weight excluding hydrogens is 538 g/mol. The van der Waals surface area contributed by atoms with Gasteiger partial charge in [0.15, 0.2) is 6.61 Å². The number of nitriles is 1. The summed E-state index contributed by atoms with van der Waals surface area (Å²) in [6, 6.07) is 12.3. The van der Waals surface area contributed by atoms with E-state index in [-0.39, 0.29) is 41.5 Å². The highest BCUT2D eigenvalue weighted by Crippen LogP contribution is 2.35. The molecule has 0 aliphatic carbocycles. The molecule has 1 aliphatic heterocycles. The zero-order chi connectivity index (χ0) is 25.8. The van der Waals surface area contributed by atoms with Crippen molar-refractivity contribution in [3.05, 3.63) is 69.3 Å². The lowest BCUT2D eigenvalue weighted by molar-refractivity contribution is -0.151. The van der Waals surface area contributed by atoms with Crippen molar-refractivity contribution in [3.8, 4) is 11.8 Å². The minimum Gasteiger partial charge on any atom is -0.492 e. The number of hydrogen-bond acceptors (Lipinski definition) is 8. The molecule has 0 saturated carbocycles. The van der Waals surface area contributed by atoms with E-state index in [1.807, 2.05) is 6.07 Å². The molecule has 0 unspecified atom stereocenters. The molecule has 0 radical (unpaired) electrons. The molecule has 3 rings (SSSR count). The van der Waals surface area contributed by atoms with Gasteiger partial charge in [0.2, 0.25) is 15.8 Å². The summed E-state index contributed by atoms with van der Waals surface area (Å²) in [5.74, 6) is -1.52. The van der Waals surface area contributed by atoms with Crippen molar-refractivity contribution in [2.24, 2.45) is 5.73 Å². The third-order valence-corrected chi connectivity index (χ3v) is 7.77. The highest BCUT2D eigenvalue weighted by atomic mass is 79.9. The first-order valence-corrected chi connectivity index (χ1v) is 12.9. The number of ether oxygens (including phenoxy) is 2. The van der Waals surface area contributed by atoms with Crippen molar-refractivity contribution in [2.75, 3.05) is 13.2 Å². The molecular formula is C24H24BrN3O6S. The van der Waals surface area contributed by atoms with Gasteiger partial charge >= 0.3 is 5.97 Å². The van der Waals surface area contributed by atoms with Crippen LogP contribution in [0.2, 0.25) is 0 Å². The third kappa shape index (κ3) is 5.73. The number of Topliss-reactive ketones (excluding diaryl/α,β-unsaturated/α-hetero) is 1. The average Bonchev–Trinajstić information content (AvgIpc) is 2.83. The maximum atomic E-state index is 13.8. The molecule has 1 atom stereocenters. The van der Waals surface area contributed by atoms with Crippen LogP contribution in [0.15, 0.2) is 63.1 Å². The number of nitrogens with two attached hydrogens (primary N) is 1. The van der Waals surface area contributed by atoms with Gasteiger partial charge in [-0.25, -0.2) is 8.42 Å². The number of rotatable bonds is 8. The van der Waals surface area contributed by atoms with E-state index in [0.717, 1.165) is 15.4 Å². The van der Waals surface area contributed by atoms with Crippen LogP contribution in [0.5, 0.6) is 5.75 Å². The fourth-order valence-corrected chi connectivity index (χ4v) is 5.94. The molecule has 0 fully saturated rings. The van der Waals surface area contributed by atoms with Gasteiger partial charge in [-0.2, -0.15) is 9.57 Å². The van der Waals surface area contributed by atoms with Gasteiger partial charge < -0.3 is 15.2 Å². The normalized spacial score (nSPS) is 16.5. The van der Waals surface area contributed by atoms with Crippen LogP contribution < -0.4 is 10.5 Å². The number of carbonyl (C=O) groups is 2. The standard InChI is InChI=1S/C24H24BrN3O6S/c1-3-33-22-9-8-18(25)11-23(22)35(31,32)28-13-17-7-5-4-6-16(17)10-20(28)24(30)34-14-21(29)19(12-26)15(2)27/h4-9,11,20H,3,10,13-14,27H2,1-2H3/b19-15+/t20-/m0/s1. The Balaban J connectivity index is 1.99. The van der Waals surface area contributed by atoms with Crippen molar-refractivity contribution in [3.63, 3.8) is 0 Å². The Kier molecular flexibility index (Phi) is 8.32. The molecule has 0 saturated heterocycles. The van der Waals surface area contributed by atoms with E-state index in [1.165, 1.54) is 19.1 Å². The monoisotopic (exact) mass is 561 g/mol. The van der Waals surface area contributed by atoms with Crippen LogP contribution in [-0.4, -0.2) is 43.7 Å². The molecule has 1 aliphatic rings. The highest BCUT2D eigenvalue weighted by molar-refractivity contribution is 9.10. The third-order valence-electron chi connectivity index (χ3n) is 5.40. The average molecular weight is 562 g/mol. The van der Waals surface area contributed by atoms with Gasteiger partial charge in [0.25, 0.3) is 0 Å². The Morgan fingerprint density at radius 3 is 2.54 bits per heavy atom. The Morgan fingerprint density at radius 2 is 1.91 bits per heavy atom. The van der Waals surface area contributed by atoms with Gasteiger partial charge in [-0.3, -0.25) is 9.59 Å². The summed E-state index contributed by atoms with van der Waals surface area (Å²) >= 11 is 3.30. The minimum atomic E-state index is -4.24. The molecule has 1 heterocycles. The van der Waals surface area contributed by atoms with Crippen molar-refractivity contribution in [2.45, 2.75) is 37.8 Å². The smallest absolute Gasteiger partial charge is 0.325 e. The second kappa shape index (κ2) is 11.0. The van der Waals surface area contributed by atoms with E-state index >= 15 is 0 Å². The van der Waals surface area contributed by atoms with E-state index in [0.29, 0.717) is 4.47 Å². The molecule has 0 bridgehead atoms. The number of carbonyl (C=O) groups excluding carboxylic acids is 2. The van der Waals surface area contributed by atoms with Gasteiger partial charge in [0.05, 0.1) is 6.61 Å². The number of nitrogens with zero attached hydrogens (tertiary/aromatic N) is 2. The molecule has 184 valence electrons. The Morgan fingerprint density at radius 1 is 1.23 bits per heavy atom. The maximum absolute atomic E-state index is 13.8. The highest BCUT2D eigenvalue weighted by Gasteiger charge is 2.42. The van der Waals surface area contributed by atoms with Crippen LogP contribution >= 0.6 is 15.9 Å².